The third kappa shape index (κ3) is 5.93. The zero-order valence-electron chi connectivity index (χ0n) is 13.8. The number of aryl methyl sites for hydroxylation is 1. The highest BCUT2D eigenvalue weighted by Crippen LogP contribution is 2.16. The van der Waals surface area contributed by atoms with Crippen LogP contribution < -0.4 is 5.32 Å². The Morgan fingerprint density at radius 3 is 2.70 bits per heavy atom. The molecule has 0 atom stereocenters. The smallest absolute Gasteiger partial charge is 0.120 e. The van der Waals surface area contributed by atoms with Crippen molar-refractivity contribution in [3.8, 4) is 0 Å². The van der Waals surface area contributed by atoms with Crippen LogP contribution in [0.3, 0.4) is 0 Å². The van der Waals surface area contributed by atoms with Gasteiger partial charge in [0.2, 0.25) is 0 Å². The summed E-state index contributed by atoms with van der Waals surface area (Å²) in [5, 5.41) is 3.43. The van der Waals surface area contributed by atoms with Crippen LogP contribution in [-0.4, -0.2) is 24.5 Å². The summed E-state index contributed by atoms with van der Waals surface area (Å²) >= 11 is 0. The number of likely N-dealkylation sites (N-methyl/N-ethyl adjacent to an activating group) is 1. The highest BCUT2D eigenvalue weighted by molar-refractivity contribution is 5.20. The molecule has 1 rings (SSSR count). The Labute approximate surface area is 124 Å². The summed E-state index contributed by atoms with van der Waals surface area (Å²) in [7, 11) is 0. The fourth-order valence-electron chi connectivity index (χ4n) is 2.20. The molecule has 0 bridgehead atoms. The van der Waals surface area contributed by atoms with Crippen molar-refractivity contribution in [2.24, 2.45) is 5.92 Å². The summed E-state index contributed by atoms with van der Waals surface area (Å²) in [5.41, 5.74) is 2.43. The summed E-state index contributed by atoms with van der Waals surface area (Å²) in [6.45, 7) is 19.4. The van der Waals surface area contributed by atoms with Gasteiger partial charge in [-0.1, -0.05) is 32.9 Å². The predicted molar refractivity (Wildman–Crippen MR) is 85.8 cm³/mol. The van der Waals surface area contributed by atoms with E-state index in [9.17, 15) is 0 Å². The second-order valence-electron chi connectivity index (χ2n) is 6.10. The van der Waals surface area contributed by atoms with Crippen molar-refractivity contribution in [3.63, 3.8) is 0 Å². The van der Waals surface area contributed by atoms with E-state index in [2.05, 4.69) is 57.5 Å². The van der Waals surface area contributed by atoms with E-state index in [4.69, 9.17) is 4.42 Å². The van der Waals surface area contributed by atoms with Gasteiger partial charge in [-0.3, -0.25) is 4.90 Å². The van der Waals surface area contributed by atoms with Crippen LogP contribution >= 0.6 is 0 Å². The standard InChI is InChI=1S/C17H30N2O/c1-7-19(11-14(4)5)12-16-8-15(6)17(20-16)10-18-9-13(2)3/h8,13,18H,4,7,9-12H2,1-3,5-6H3. The lowest BCUT2D eigenvalue weighted by Crippen LogP contribution is -2.24. The molecule has 1 aromatic heterocycles. The number of hydrogen-bond acceptors (Lipinski definition) is 3. The molecular formula is C17H30N2O. The van der Waals surface area contributed by atoms with E-state index in [0.29, 0.717) is 5.92 Å². The van der Waals surface area contributed by atoms with Gasteiger partial charge in [-0.15, -0.1) is 0 Å². The van der Waals surface area contributed by atoms with Crippen LogP contribution in [0.25, 0.3) is 0 Å². The molecule has 0 saturated carbocycles. The molecule has 0 amide bonds. The summed E-state index contributed by atoms with van der Waals surface area (Å²) in [5.74, 6) is 2.77. The van der Waals surface area contributed by atoms with Gasteiger partial charge in [0.1, 0.15) is 11.5 Å². The second kappa shape index (κ2) is 8.28. The minimum Gasteiger partial charge on any atom is -0.463 e. The largest absolute Gasteiger partial charge is 0.463 e. The van der Waals surface area contributed by atoms with Crippen LogP contribution in [0.2, 0.25) is 0 Å². The Hall–Kier alpha value is -1.06. The van der Waals surface area contributed by atoms with Crippen molar-refractivity contribution in [3.05, 3.63) is 35.3 Å². The first-order chi connectivity index (χ1) is 9.42. The lowest BCUT2D eigenvalue weighted by Gasteiger charge is -2.18. The normalized spacial score (nSPS) is 11.6. The van der Waals surface area contributed by atoms with E-state index in [-0.39, 0.29) is 0 Å². The third-order valence-corrected chi connectivity index (χ3v) is 3.23. The maximum Gasteiger partial charge on any atom is 0.120 e. The van der Waals surface area contributed by atoms with Crippen molar-refractivity contribution in [2.45, 2.75) is 47.7 Å². The SMILES string of the molecule is C=C(C)CN(CC)Cc1cc(C)c(CNCC(C)C)o1. The molecule has 0 spiro atoms. The van der Waals surface area contributed by atoms with E-state index in [1.807, 2.05) is 0 Å². The fraction of sp³-hybridized carbons (Fsp3) is 0.647. The zero-order valence-corrected chi connectivity index (χ0v) is 13.8. The number of furan rings is 1. The van der Waals surface area contributed by atoms with Crippen LogP contribution in [0, 0.1) is 12.8 Å². The van der Waals surface area contributed by atoms with E-state index in [0.717, 1.165) is 44.2 Å². The lowest BCUT2D eigenvalue weighted by atomic mass is 10.2. The summed E-state index contributed by atoms with van der Waals surface area (Å²) in [6, 6.07) is 2.16. The molecule has 0 radical (unpaired) electrons. The van der Waals surface area contributed by atoms with Crippen LogP contribution in [0.4, 0.5) is 0 Å². The third-order valence-electron chi connectivity index (χ3n) is 3.23. The fourth-order valence-corrected chi connectivity index (χ4v) is 2.20. The molecule has 114 valence electrons. The molecule has 0 fully saturated rings. The molecular weight excluding hydrogens is 248 g/mol. The Kier molecular flexibility index (Phi) is 7.03. The van der Waals surface area contributed by atoms with Crippen molar-refractivity contribution in [1.82, 2.24) is 10.2 Å². The van der Waals surface area contributed by atoms with Crippen LogP contribution in [0.15, 0.2) is 22.6 Å². The topological polar surface area (TPSA) is 28.4 Å². The first-order valence-electron chi connectivity index (χ1n) is 7.58. The monoisotopic (exact) mass is 278 g/mol. The molecule has 3 nitrogen and oxygen atoms in total. The van der Waals surface area contributed by atoms with Crippen molar-refractivity contribution in [1.29, 1.82) is 0 Å². The molecule has 0 aromatic carbocycles. The van der Waals surface area contributed by atoms with Crippen LogP contribution in [-0.2, 0) is 13.1 Å². The van der Waals surface area contributed by atoms with Crippen LogP contribution in [0.1, 0.15) is 44.8 Å². The average molecular weight is 278 g/mol. The minimum atomic E-state index is 0.663. The zero-order chi connectivity index (χ0) is 15.1. The van der Waals surface area contributed by atoms with Gasteiger partial charge in [-0.05, 0) is 44.5 Å². The Morgan fingerprint density at radius 1 is 1.45 bits per heavy atom. The minimum absolute atomic E-state index is 0.663. The number of nitrogens with zero attached hydrogens (tertiary/aromatic N) is 1. The van der Waals surface area contributed by atoms with Gasteiger partial charge < -0.3 is 9.73 Å². The van der Waals surface area contributed by atoms with Crippen molar-refractivity contribution in [2.75, 3.05) is 19.6 Å². The molecule has 1 heterocycles. The molecule has 0 aliphatic heterocycles. The number of hydrogen-bond donors (Lipinski definition) is 1. The molecule has 0 aliphatic rings. The van der Waals surface area contributed by atoms with Gasteiger partial charge in [-0.2, -0.15) is 0 Å². The van der Waals surface area contributed by atoms with Gasteiger partial charge >= 0.3 is 0 Å². The molecule has 20 heavy (non-hydrogen) atoms. The summed E-state index contributed by atoms with van der Waals surface area (Å²) in [4.78, 5) is 2.34. The first kappa shape index (κ1) is 17.0. The summed E-state index contributed by atoms with van der Waals surface area (Å²) in [6.07, 6.45) is 0. The highest BCUT2D eigenvalue weighted by Gasteiger charge is 2.11. The van der Waals surface area contributed by atoms with E-state index < -0.39 is 0 Å². The Balaban J connectivity index is 2.57. The van der Waals surface area contributed by atoms with E-state index in [1.165, 1.54) is 11.1 Å². The lowest BCUT2D eigenvalue weighted by molar-refractivity contribution is 0.271. The molecule has 0 unspecified atom stereocenters. The van der Waals surface area contributed by atoms with Crippen molar-refractivity contribution >= 4 is 0 Å². The number of rotatable bonds is 9. The predicted octanol–water partition coefficient (Wildman–Crippen LogP) is 3.73. The number of nitrogens with one attached hydrogen (secondary N) is 1. The average Bonchev–Trinajstić information content (AvgIpc) is 2.68. The second-order valence-corrected chi connectivity index (χ2v) is 6.10. The van der Waals surface area contributed by atoms with E-state index >= 15 is 0 Å². The summed E-state index contributed by atoms with van der Waals surface area (Å²) < 4.78 is 5.98. The molecule has 1 aromatic rings. The van der Waals surface area contributed by atoms with Gasteiger partial charge in [-0.25, -0.2) is 0 Å². The van der Waals surface area contributed by atoms with Gasteiger partial charge in [0, 0.05) is 6.54 Å². The van der Waals surface area contributed by atoms with Crippen LogP contribution in [0.5, 0.6) is 0 Å². The molecule has 1 N–H and O–H groups in total. The maximum atomic E-state index is 5.98. The van der Waals surface area contributed by atoms with Gasteiger partial charge in [0.25, 0.3) is 0 Å². The first-order valence-corrected chi connectivity index (χ1v) is 7.58. The molecule has 0 aliphatic carbocycles. The van der Waals surface area contributed by atoms with Gasteiger partial charge in [0.15, 0.2) is 0 Å². The highest BCUT2D eigenvalue weighted by atomic mass is 16.3. The Morgan fingerprint density at radius 2 is 2.15 bits per heavy atom. The maximum absolute atomic E-state index is 5.98. The molecule has 0 saturated heterocycles. The van der Waals surface area contributed by atoms with Crippen molar-refractivity contribution < 1.29 is 4.42 Å². The Bertz CT molecular complexity index is 421. The molecule has 3 heteroatoms. The quantitative estimate of drug-likeness (QED) is 0.698. The van der Waals surface area contributed by atoms with Gasteiger partial charge in [0.05, 0.1) is 13.1 Å². The van der Waals surface area contributed by atoms with E-state index in [1.54, 1.807) is 0 Å².